The van der Waals surface area contributed by atoms with Gasteiger partial charge in [0.25, 0.3) is 0 Å². The molecule has 14 heavy (non-hydrogen) atoms. The van der Waals surface area contributed by atoms with E-state index in [0.29, 0.717) is 5.41 Å². The minimum absolute atomic E-state index is 0.175. The summed E-state index contributed by atoms with van der Waals surface area (Å²) in [4.78, 5) is 2.70. The molecule has 0 N–H and O–H groups in total. The first-order valence-electron chi connectivity index (χ1n) is 5.00. The van der Waals surface area contributed by atoms with Gasteiger partial charge in [-0.25, -0.2) is 0 Å². The standard InChI is InChI=1S/C12H19ClS/c1-8-6-9(2)14-11(8)10(13)7-12(3,4)5/h6,10H,7H2,1-5H3. The zero-order valence-corrected chi connectivity index (χ0v) is 11.2. The first-order chi connectivity index (χ1) is 6.29. The summed E-state index contributed by atoms with van der Waals surface area (Å²) in [6.07, 6.45) is 1.04. The maximum Gasteiger partial charge on any atom is 0.0686 e. The molecule has 1 atom stereocenters. The monoisotopic (exact) mass is 230 g/mol. The third kappa shape index (κ3) is 3.29. The Kier molecular flexibility index (Phi) is 3.65. The Labute approximate surface area is 96.3 Å². The molecule has 2 heteroatoms. The van der Waals surface area contributed by atoms with Crippen LogP contribution in [0.1, 0.15) is 47.9 Å². The highest BCUT2D eigenvalue weighted by Gasteiger charge is 2.20. The van der Waals surface area contributed by atoms with Gasteiger partial charge in [-0.3, -0.25) is 0 Å². The van der Waals surface area contributed by atoms with Crippen LogP contribution in [0, 0.1) is 19.3 Å². The van der Waals surface area contributed by atoms with Gasteiger partial charge in [-0.05, 0) is 37.3 Å². The molecular formula is C12H19ClS. The molecule has 0 aliphatic heterocycles. The molecule has 80 valence electrons. The lowest BCUT2D eigenvalue weighted by Crippen LogP contribution is -2.08. The predicted octanol–water partition coefficient (Wildman–Crippen LogP) is 5.08. The second kappa shape index (κ2) is 4.24. The maximum absolute atomic E-state index is 6.42. The summed E-state index contributed by atoms with van der Waals surface area (Å²) in [5, 5.41) is 0.175. The van der Waals surface area contributed by atoms with Crippen molar-refractivity contribution >= 4 is 22.9 Å². The van der Waals surface area contributed by atoms with E-state index in [1.807, 2.05) is 11.3 Å². The minimum atomic E-state index is 0.175. The van der Waals surface area contributed by atoms with E-state index in [2.05, 4.69) is 40.7 Å². The topological polar surface area (TPSA) is 0 Å². The van der Waals surface area contributed by atoms with E-state index in [4.69, 9.17) is 11.6 Å². The molecule has 0 nitrogen and oxygen atoms in total. The lowest BCUT2D eigenvalue weighted by atomic mass is 9.89. The molecule has 0 saturated heterocycles. The molecule has 1 aromatic rings. The van der Waals surface area contributed by atoms with E-state index in [0.717, 1.165) is 6.42 Å². The van der Waals surface area contributed by atoms with Crippen molar-refractivity contribution in [3.8, 4) is 0 Å². The van der Waals surface area contributed by atoms with Crippen LogP contribution < -0.4 is 0 Å². The number of thiophene rings is 1. The SMILES string of the molecule is Cc1cc(C)c(C(Cl)CC(C)(C)C)s1. The molecule has 0 aliphatic carbocycles. The van der Waals surface area contributed by atoms with E-state index in [-0.39, 0.29) is 5.38 Å². The average Bonchev–Trinajstić information content (AvgIpc) is 2.26. The van der Waals surface area contributed by atoms with Crippen molar-refractivity contribution in [1.29, 1.82) is 0 Å². The fraction of sp³-hybridized carbons (Fsp3) is 0.667. The number of halogens is 1. The minimum Gasteiger partial charge on any atom is -0.144 e. The Hall–Kier alpha value is -0.0100. The van der Waals surface area contributed by atoms with Gasteiger partial charge in [-0.15, -0.1) is 22.9 Å². The second-order valence-corrected chi connectivity index (χ2v) is 6.95. The Bertz CT molecular complexity index is 307. The average molecular weight is 231 g/mol. The fourth-order valence-electron chi connectivity index (χ4n) is 1.60. The molecule has 1 heterocycles. The summed E-state index contributed by atoms with van der Waals surface area (Å²) < 4.78 is 0. The highest BCUT2D eigenvalue weighted by atomic mass is 35.5. The molecule has 0 aromatic carbocycles. The molecule has 0 amide bonds. The quantitative estimate of drug-likeness (QED) is 0.622. The van der Waals surface area contributed by atoms with E-state index in [9.17, 15) is 0 Å². The maximum atomic E-state index is 6.42. The van der Waals surface area contributed by atoms with Gasteiger partial charge in [0.15, 0.2) is 0 Å². The van der Waals surface area contributed by atoms with Crippen molar-refractivity contribution in [2.45, 2.75) is 46.4 Å². The molecule has 0 bridgehead atoms. The Morgan fingerprint density at radius 2 is 1.93 bits per heavy atom. The Balaban J connectivity index is 2.79. The van der Waals surface area contributed by atoms with Gasteiger partial charge in [-0.2, -0.15) is 0 Å². The highest BCUT2D eigenvalue weighted by Crippen LogP contribution is 2.39. The van der Waals surface area contributed by atoms with Crippen molar-refractivity contribution in [3.63, 3.8) is 0 Å². The number of alkyl halides is 1. The van der Waals surface area contributed by atoms with Crippen LogP contribution in [-0.2, 0) is 0 Å². The molecule has 0 fully saturated rings. The number of hydrogen-bond acceptors (Lipinski definition) is 1. The zero-order valence-electron chi connectivity index (χ0n) is 9.65. The number of aryl methyl sites for hydroxylation is 2. The largest absolute Gasteiger partial charge is 0.144 e. The van der Waals surface area contributed by atoms with Crippen LogP contribution in [0.15, 0.2) is 6.07 Å². The van der Waals surface area contributed by atoms with Gasteiger partial charge in [0.2, 0.25) is 0 Å². The first-order valence-corrected chi connectivity index (χ1v) is 6.26. The van der Waals surface area contributed by atoms with E-state index in [1.54, 1.807) is 0 Å². The van der Waals surface area contributed by atoms with Gasteiger partial charge in [-0.1, -0.05) is 20.8 Å². The highest BCUT2D eigenvalue weighted by molar-refractivity contribution is 7.12. The summed E-state index contributed by atoms with van der Waals surface area (Å²) in [5.74, 6) is 0. The normalized spacial score (nSPS) is 14.4. The summed E-state index contributed by atoms with van der Waals surface area (Å²) >= 11 is 8.25. The lowest BCUT2D eigenvalue weighted by molar-refractivity contribution is 0.373. The molecule has 1 aromatic heterocycles. The third-order valence-corrected chi connectivity index (χ3v) is 3.92. The van der Waals surface area contributed by atoms with Gasteiger partial charge in [0, 0.05) is 9.75 Å². The molecule has 0 spiro atoms. The predicted molar refractivity (Wildman–Crippen MR) is 66.5 cm³/mol. The molecular weight excluding hydrogens is 212 g/mol. The van der Waals surface area contributed by atoms with Crippen LogP contribution in [0.5, 0.6) is 0 Å². The summed E-state index contributed by atoms with van der Waals surface area (Å²) in [5.41, 5.74) is 1.65. The number of hydrogen-bond donors (Lipinski definition) is 0. The van der Waals surface area contributed by atoms with Gasteiger partial charge >= 0.3 is 0 Å². The number of rotatable bonds is 2. The lowest BCUT2D eigenvalue weighted by Gasteiger charge is -2.21. The smallest absolute Gasteiger partial charge is 0.0686 e. The first kappa shape index (κ1) is 12.1. The van der Waals surface area contributed by atoms with E-state index < -0.39 is 0 Å². The van der Waals surface area contributed by atoms with Crippen molar-refractivity contribution < 1.29 is 0 Å². The molecule has 1 rings (SSSR count). The van der Waals surface area contributed by atoms with Crippen LogP contribution in [-0.4, -0.2) is 0 Å². The Morgan fingerprint density at radius 1 is 1.36 bits per heavy atom. The summed E-state index contributed by atoms with van der Waals surface area (Å²) in [7, 11) is 0. The summed E-state index contributed by atoms with van der Waals surface area (Å²) in [6.45, 7) is 11.0. The van der Waals surface area contributed by atoms with Crippen molar-refractivity contribution in [2.24, 2.45) is 5.41 Å². The van der Waals surface area contributed by atoms with E-state index >= 15 is 0 Å². The van der Waals surface area contributed by atoms with E-state index in [1.165, 1.54) is 15.3 Å². The van der Waals surface area contributed by atoms with Crippen molar-refractivity contribution in [2.75, 3.05) is 0 Å². The van der Waals surface area contributed by atoms with Crippen LogP contribution in [0.2, 0.25) is 0 Å². The van der Waals surface area contributed by atoms with Gasteiger partial charge in [0.1, 0.15) is 0 Å². The molecule has 0 aliphatic rings. The Morgan fingerprint density at radius 3 is 2.29 bits per heavy atom. The second-order valence-electron chi connectivity index (χ2n) is 5.14. The summed E-state index contributed by atoms with van der Waals surface area (Å²) in [6, 6.07) is 2.22. The van der Waals surface area contributed by atoms with Gasteiger partial charge < -0.3 is 0 Å². The fourth-order valence-corrected chi connectivity index (χ4v) is 3.38. The molecule has 0 saturated carbocycles. The molecule has 1 unspecified atom stereocenters. The van der Waals surface area contributed by atoms with Crippen molar-refractivity contribution in [1.82, 2.24) is 0 Å². The van der Waals surface area contributed by atoms with Crippen molar-refractivity contribution in [3.05, 3.63) is 21.4 Å². The van der Waals surface area contributed by atoms with Crippen LogP contribution in [0.3, 0.4) is 0 Å². The van der Waals surface area contributed by atoms with Crippen LogP contribution >= 0.6 is 22.9 Å². The molecule has 0 radical (unpaired) electrons. The zero-order chi connectivity index (χ0) is 10.9. The van der Waals surface area contributed by atoms with Crippen LogP contribution in [0.25, 0.3) is 0 Å². The third-order valence-electron chi connectivity index (χ3n) is 2.16. The van der Waals surface area contributed by atoms with Gasteiger partial charge in [0.05, 0.1) is 5.38 Å². The van der Waals surface area contributed by atoms with Crippen LogP contribution in [0.4, 0.5) is 0 Å².